The minimum atomic E-state index is 0.647. The SMILES string of the molecule is BrCCCCCCOc1ccc(-n2nnc(-c3cccs3)n2)cc1. The Morgan fingerprint density at radius 3 is 2.62 bits per heavy atom. The number of hydrogen-bond acceptors (Lipinski definition) is 5. The Hall–Kier alpha value is -1.73. The van der Waals surface area contributed by atoms with E-state index in [9.17, 15) is 0 Å². The lowest BCUT2D eigenvalue weighted by Gasteiger charge is -2.06. The van der Waals surface area contributed by atoms with Gasteiger partial charge in [0.05, 0.1) is 17.2 Å². The van der Waals surface area contributed by atoms with Crippen molar-refractivity contribution in [1.82, 2.24) is 20.2 Å². The van der Waals surface area contributed by atoms with Gasteiger partial charge in [-0.2, -0.15) is 0 Å². The summed E-state index contributed by atoms with van der Waals surface area (Å²) in [4.78, 5) is 2.56. The van der Waals surface area contributed by atoms with Crippen molar-refractivity contribution in [2.45, 2.75) is 25.7 Å². The van der Waals surface area contributed by atoms with Crippen LogP contribution in [0.25, 0.3) is 16.4 Å². The van der Waals surface area contributed by atoms with Crippen LogP contribution in [-0.4, -0.2) is 32.1 Å². The highest BCUT2D eigenvalue weighted by Crippen LogP contribution is 2.21. The van der Waals surface area contributed by atoms with Gasteiger partial charge in [0.25, 0.3) is 0 Å². The number of ether oxygens (including phenoxy) is 1. The number of benzene rings is 1. The zero-order valence-electron chi connectivity index (χ0n) is 13.3. The zero-order valence-corrected chi connectivity index (χ0v) is 15.7. The van der Waals surface area contributed by atoms with E-state index in [0.29, 0.717) is 5.82 Å². The first-order valence-electron chi connectivity index (χ1n) is 8.00. The molecule has 0 radical (unpaired) electrons. The van der Waals surface area contributed by atoms with Crippen LogP contribution >= 0.6 is 27.3 Å². The van der Waals surface area contributed by atoms with Gasteiger partial charge in [-0.15, -0.1) is 26.3 Å². The van der Waals surface area contributed by atoms with E-state index in [1.165, 1.54) is 19.3 Å². The topological polar surface area (TPSA) is 52.8 Å². The van der Waals surface area contributed by atoms with E-state index in [2.05, 4.69) is 31.3 Å². The van der Waals surface area contributed by atoms with Gasteiger partial charge in [0.15, 0.2) is 0 Å². The normalized spacial score (nSPS) is 10.9. The Morgan fingerprint density at radius 2 is 1.88 bits per heavy atom. The lowest BCUT2D eigenvalue weighted by Crippen LogP contribution is -2.00. The van der Waals surface area contributed by atoms with E-state index in [-0.39, 0.29) is 0 Å². The van der Waals surface area contributed by atoms with Crippen molar-refractivity contribution >= 4 is 27.3 Å². The molecule has 2 heterocycles. The average Bonchev–Trinajstić information content (AvgIpc) is 3.29. The molecule has 0 aliphatic carbocycles. The second-order valence-corrected chi connectivity index (χ2v) is 7.07. The maximum absolute atomic E-state index is 5.77. The second kappa shape index (κ2) is 8.94. The van der Waals surface area contributed by atoms with Gasteiger partial charge in [0.2, 0.25) is 5.82 Å². The van der Waals surface area contributed by atoms with Crippen LogP contribution in [0.15, 0.2) is 41.8 Å². The van der Waals surface area contributed by atoms with E-state index >= 15 is 0 Å². The van der Waals surface area contributed by atoms with Crippen molar-refractivity contribution in [3.8, 4) is 22.1 Å². The molecule has 0 bridgehead atoms. The summed E-state index contributed by atoms with van der Waals surface area (Å²) >= 11 is 5.05. The number of unbranched alkanes of at least 4 members (excludes halogenated alkanes) is 3. The fourth-order valence-corrected chi connectivity index (χ4v) is 3.29. The minimum absolute atomic E-state index is 0.647. The highest BCUT2D eigenvalue weighted by atomic mass is 79.9. The van der Waals surface area contributed by atoms with Crippen molar-refractivity contribution in [2.75, 3.05) is 11.9 Å². The predicted molar refractivity (Wildman–Crippen MR) is 100 cm³/mol. The van der Waals surface area contributed by atoms with Crippen LogP contribution in [0.3, 0.4) is 0 Å². The molecule has 3 aromatic rings. The molecule has 126 valence electrons. The Kier molecular flexibility index (Phi) is 6.37. The van der Waals surface area contributed by atoms with Gasteiger partial charge < -0.3 is 4.74 Å². The average molecular weight is 407 g/mol. The maximum atomic E-state index is 5.77. The van der Waals surface area contributed by atoms with Crippen molar-refractivity contribution < 1.29 is 4.74 Å². The van der Waals surface area contributed by atoms with E-state index in [0.717, 1.165) is 34.7 Å². The van der Waals surface area contributed by atoms with Crippen molar-refractivity contribution in [3.63, 3.8) is 0 Å². The molecule has 0 spiro atoms. The van der Waals surface area contributed by atoms with Crippen molar-refractivity contribution in [2.24, 2.45) is 0 Å². The zero-order chi connectivity index (χ0) is 16.6. The van der Waals surface area contributed by atoms with Crippen molar-refractivity contribution in [1.29, 1.82) is 0 Å². The van der Waals surface area contributed by atoms with Gasteiger partial charge in [-0.25, -0.2) is 0 Å². The van der Waals surface area contributed by atoms with Gasteiger partial charge in [-0.1, -0.05) is 34.8 Å². The van der Waals surface area contributed by atoms with E-state index in [1.807, 2.05) is 41.8 Å². The fourth-order valence-electron chi connectivity index (χ4n) is 2.24. The van der Waals surface area contributed by atoms with Crippen LogP contribution in [0.5, 0.6) is 5.75 Å². The van der Waals surface area contributed by atoms with Crippen LogP contribution in [0.4, 0.5) is 0 Å². The molecule has 0 N–H and O–H groups in total. The number of rotatable bonds is 9. The summed E-state index contributed by atoms with van der Waals surface area (Å²) in [6.07, 6.45) is 4.77. The molecule has 2 aromatic heterocycles. The van der Waals surface area contributed by atoms with Gasteiger partial charge in [-0.05, 0) is 53.8 Å². The summed E-state index contributed by atoms with van der Waals surface area (Å²) in [6.45, 7) is 0.756. The standard InChI is InChI=1S/C17H19BrN4OS/c18-11-3-1-2-4-12-23-15-9-7-14(8-10-15)22-20-17(19-21-22)16-6-5-13-24-16/h5-10,13H,1-4,11-12H2. The van der Waals surface area contributed by atoms with Gasteiger partial charge >= 0.3 is 0 Å². The molecule has 0 unspecified atom stereocenters. The number of tetrazole rings is 1. The van der Waals surface area contributed by atoms with Crippen LogP contribution in [0.2, 0.25) is 0 Å². The first-order chi connectivity index (χ1) is 11.9. The molecule has 1 aromatic carbocycles. The third-order valence-electron chi connectivity index (χ3n) is 3.52. The van der Waals surface area contributed by atoms with E-state index in [4.69, 9.17) is 4.74 Å². The molecule has 0 amide bonds. The molecule has 3 rings (SSSR count). The Morgan fingerprint density at radius 1 is 1.04 bits per heavy atom. The second-order valence-electron chi connectivity index (χ2n) is 5.33. The summed E-state index contributed by atoms with van der Waals surface area (Å²) in [6, 6.07) is 11.7. The van der Waals surface area contributed by atoms with Gasteiger partial charge in [0, 0.05) is 5.33 Å². The van der Waals surface area contributed by atoms with Crippen molar-refractivity contribution in [3.05, 3.63) is 41.8 Å². The largest absolute Gasteiger partial charge is 0.494 e. The van der Waals surface area contributed by atoms with Crippen LogP contribution in [0, 0.1) is 0 Å². The molecule has 7 heteroatoms. The number of alkyl halides is 1. The number of halogens is 1. The third kappa shape index (κ3) is 4.64. The number of hydrogen-bond donors (Lipinski definition) is 0. The molecule has 0 fully saturated rings. The van der Waals surface area contributed by atoms with Crippen LogP contribution in [-0.2, 0) is 0 Å². The Bertz CT molecular complexity index is 727. The third-order valence-corrected chi connectivity index (χ3v) is 4.95. The monoisotopic (exact) mass is 406 g/mol. The Balaban J connectivity index is 1.53. The first-order valence-corrected chi connectivity index (χ1v) is 10.00. The molecule has 0 aliphatic heterocycles. The summed E-state index contributed by atoms with van der Waals surface area (Å²) in [7, 11) is 0. The number of nitrogens with zero attached hydrogens (tertiary/aromatic N) is 4. The minimum Gasteiger partial charge on any atom is -0.494 e. The lowest BCUT2D eigenvalue weighted by molar-refractivity contribution is 0.305. The number of aromatic nitrogens is 4. The summed E-state index contributed by atoms with van der Waals surface area (Å²) in [5.41, 5.74) is 0.870. The quantitative estimate of drug-likeness (QED) is 0.380. The van der Waals surface area contributed by atoms with E-state index < -0.39 is 0 Å². The highest BCUT2D eigenvalue weighted by Gasteiger charge is 2.08. The fraction of sp³-hybridized carbons (Fsp3) is 0.353. The molecule has 0 saturated carbocycles. The summed E-state index contributed by atoms with van der Waals surface area (Å²) in [5.74, 6) is 1.52. The Labute approximate surface area is 153 Å². The molecular weight excluding hydrogens is 388 g/mol. The highest BCUT2D eigenvalue weighted by molar-refractivity contribution is 9.09. The summed E-state index contributed by atoms with van der Waals surface area (Å²) < 4.78 is 5.77. The molecule has 24 heavy (non-hydrogen) atoms. The maximum Gasteiger partial charge on any atom is 0.215 e. The number of thiophene rings is 1. The van der Waals surface area contributed by atoms with Gasteiger partial charge in [0.1, 0.15) is 5.75 Å². The molecule has 5 nitrogen and oxygen atoms in total. The smallest absolute Gasteiger partial charge is 0.215 e. The summed E-state index contributed by atoms with van der Waals surface area (Å²) in [5, 5.41) is 15.7. The van der Waals surface area contributed by atoms with Gasteiger partial charge in [-0.3, -0.25) is 0 Å². The molecule has 0 atom stereocenters. The molecule has 0 aliphatic rings. The molecule has 0 saturated heterocycles. The molecular formula is C17H19BrN4OS. The predicted octanol–water partition coefficient (Wildman–Crippen LogP) is 4.72. The van der Waals surface area contributed by atoms with Crippen LogP contribution in [0.1, 0.15) is 25.7 Å². The first kappa shape index (κ1) is 17.1. The van der Waals surface area contributed by atoms with E-state index in [1.54, 1.807) is 16.1 Å². The lowest BCUT2D eigenvalue weighted by atomic mass is 10.2. The van der Waals surface area contributed by atoms with Crippen LogP contribution < -0.4 is 4.74 Å².